The van der Waals surface area contributed by atoms with Crippen LogP contribution in [0.4, 0.5) is 5.69 Å². The van der Waals surface area contributed by atoms with Crippen LogP contribution < -0.4 is 15.5 Å². The van der Waals surface area contributed by atoms with Gasteiger partial charge in [0.1, 0.15) is 6.04 Å². The molecule has 1 saturated carbocycles. The van der Waals surface area contributed by atoms with Gasteiger partial charge in [-0.3, -0.25) is 24.3 Å². The Balaban J connectivity index is 1.70. The Hall–Kier alpha value is -3.52. The van der Waals surface area contributed by atoms with Crippen molar-refractivity contribution in [3.63, 3.8) is 0 Å². The number of rotatable bonds is 8. The molecular formula is C27H30N4O3S. The molecule has 0 saturated heterocycles. The van der Waals surface area contributed by atoms with Crippen LogP contribution in [-0.4, -0.2) is 35.3 Å². The Morgan fingerprint density at radius 2 is 1.80 bits per heavy atom. The van der Waals surface area contributed by atoms with Gasteiger partial charge in [0.15, 0.2) is 0 Å². The second kappa shape index (κ2) is 11.3. The first-order valence-corrected chi connectivity index (χ1v) is 12.7. The summed E-state index contributed by atoms with van der Waals surface area (Å²) in [5.41, 5.74) is 3.21. The Kier molecular flexibility index (Phi) is 7.92. The quantitative estimate of drug-likeness (QED) is 0.492. The van der Waals surface area contributed by atoms with E-state index in [0.717, 1.165) is 36.8 Å². The molecule has 3 aromatic rings. The van der Waals surface area contributed by atoms with Crippen molar-refractivity contribution in [3.8, 4) is 0 Å². The number of pyridine rings is 1. The molecule has 1 fully saturated rings. The number of anilines is 1. The number of nitrogens with zero attached hydrogens (tertiary/aromatic N) is 2. The molecule has 1 aromatic carbocycles. The largest absolute Gasteiger partial charge is 0.351 e. The summed E-state index contributed by atoms with van der Waals surface area (Å²) in [6.07, 6.45) is 7.27. The van der Waals surface area contributed by atoms with Crippen molar-refractivity contribution in [2.45, 2.75) is 51.6 Å². The smallest absolute Gasteiger partial charge is 0.261 e. The number of amides is 3. The lowest BCUT2D eigenvalue weighted by Gasteiger charge is -2.33. The lowest BCUT2D eigenvalue weighted by Crippen LogP contribution is -2.49. The fourth-order valence-electron chi connectivity index (χ4n) is 4.46. The molecule has 35 heavy (non-hydrogen) atoms. The molecule has 1 atom stereocenters. The van der Waals surface area contributed by atoms with Crippen LogP contribution in [-0.2, 0) is 9.59 Å². The van der Waals surface area contributed by atoms with Gasteiger partial charge in [0.2, 0.25) is 11.8 Å². The highest BCUT2D eigenvalue weighted by molar-refractivity contribution is 7.12. The summed E-state index contributed by atoms with van der Waals surface area (Å²) in [6.45, 7) is 3.68. The highest BCUT2D eigenvalue weighted by Gasteiger charge is 2.35. The average Bonchev–Trinajstić information content (AvgIpc) is 3.58. The molecule has 3 amide bonds. The van der Waals surface area contributed by atoms with E-state index in [0.29, 0.717) is 16.1 Å². The molecule has 7 nitrogen and oxygen atoms in total. The first-order valence-electron chi connectivity index (χ1n) is 11.9. The fourth-order valence-corrected chi connectivity index (χ4v) is 5.10. The molecular weight excluding hydrogens is 460 g/mol. The number of hydrogen-bond donors (Lipinski definition) is 2. The molecule has 0 aliphatic heterocycles. The van der Waals surface area contributed by atoms with E-state index in [4.69, 9.17) is 0 Å². The molecule has 0 bridgehead atoms. The normalized spacial score (nSPS) is 14.3. The number of carbonyl (C=O) groups is 3. The highest BCUT2D eigenvalue weighted by atomic mass is 32.1. The van der Waals surface area contributed by atoms with Gasteiger partial charge < -0.3 is 10.6 Å². The molecule has 2 heterocycles. The van der Waals surface area contributed by atoms with Crippen LogP contribution in [0.25, 0.3) is 0 Å². The molecule has 2 aromatic heterocycles. The zero-order valence-electron chi connectivity index (χ0n) is 20.0. The Bertz CT molecular complexity index is 1170. The summed E-state index contributed by atoms with van der Waals surface area (Å²) in [6, 6.07) is 11.9. The second-order valence-corrected chi connectivity index (χ2v) is 9.76. The van der Waals surface area contributed by atoms with Crippen molar-refractivity contribution in [2.24, 2.45) is 0 Å². The minimum Gasteiger partial charge on any atom is -0.351 e. The van der Waals surface area contributed by atoms with Crippen LogP contribution in [0, 0.1) is 13.8 Å². The van der Waals surface area contributed by atoms with Crippen molar-refractivity contribution < 1.29 is 14.4 Å². The first-order chi connectivity index (χ1) is 17.0. The SMILES string of the molecule is Cc1cccc(N(C(=O)CNC(=O)c2cccs2)[C@H](C(=O)NC2CCCC2)c2ccncc2)c1C. The zero-order valence-corrected chi connectivity index (χ0v) is 20.8. The van der Waals surface area contributed by atoms with Crippen LogP contribution in [0.1, 0.15) is 58.1 Å². The summed E-state index contributed by atoms with van der Waals surface area (Å²) >= 11 is 1.31. The summed E-state index contributed by atoms with van der Waals surface area (Å²) in [5, 5.41) is 7.70. The summed E-state index contributed by atoms with van der Waals surface area (Å²) in [7, 11) is 0. The number of aromatic nitrogens is 1. The van der Waals surface area contributed by atoms with Crippen molar-refractivity contribution in [2.75, 3.05) is 11.4 Å². The Labute approximate surface area is 209 Å². The second-order valence-electron chi connectivity index (χ2n) is 8.82. The van der Waals surface area contributed by atoms with Gasteiger partial charge in [-0.2, -0.15) is 0 Å². The standard InChI is InChI=1S/C27H30N4O3S/c1-18-7-5-10-22(19(18)2)31(24(32)17-29-26(33)23-11-6-16-35-23)25(20-12-14-28-15-13-20)27(34)30-21-8-3-4-9-21/h5-7,10-16,21,25H,3-4,8-9,17H2,1-2H3,(H,29,33)(H,30,34)/t25-/m0/s1. The van der Waals surface area contributed by atoms with Gasteiger partial charge in [0.05, 0.1) is 11.4 Å². The van der Waals surface area contributed by atoms with Crippen LogP contribution >= 0.6 is 11.3 Å². The average molecular weight is 491 g/mol. The molecule has 0 unspecified atom stereocenters. The molecule has 8 heteroatoms. The highest BCUT2D eigenvalue weighted by Crippen LogP contribution is 2.32. The number of benzene rings is 1. The maximum Gasteiger partial charge on any atom is 0.261 e. The summed E-state index contributed by atoms with van der Waals surface area (Å²) < 4.78 is 0. The minimum atomic E-state index is -0.898. The lowest BCUT2D eigenvalue weighted by atomic mass is 10.0. The number of nitrogens with one attached hydrogen (secondary N) is 2. The van der Waals surface area contributed by atoms with Crippen molar-refractivity contribution in [3.05, 3.63) is 81.8 Å². The van der Waals surface area contributed by atoms with Gasteiger partial charge in [0.25, 0.3) is 5.91 Å². The molecule has 0 radical (unpaired) electrons. The maximum atomic E-state index is 13.8. The van der Waals surface area contributed by atoms with Crippen molar-refractivity contribution in [1.82, 2.24) is 15.6 Å². The fraction of sp³-hybridized carbons (Fsp3) is 0.333. The van der Waals surface area contributed by atoms with E-state index in [1.807, 2.05) is 37.4 Å². The molecule has 0 spiro atoms. The van der Waals surface area contributed by atoms with Gasteiger partial charge in [-0.25, -0.2) is 0 Å². The van der Waals surface area contributed by atoms with E-state index in [1.54, 1.807) is 36.7 Å². The zero-order chi connectivity index (χ0) is 24.8. The molecule has 4 rings (SSSR count). The van der Waals surface area contributed by atoms with Gasteiger partial charge in [-0.15, -0.1) is 11.3 Å². The van der Waals surface area contributed by atoms with Crippen molar-refractivity contribution in [1.29, 1.82) is 0 Å². The summed E-state index contributed by atoms with van der Waals surface area (Å²) in [4.78, 5) is 46.2. The van der Waals surface area contributed by atoms with Gasteiger partial charge in [0, 0.05) is 24.1 Å². The van der Waals surface area contributed by atoms with E-state index in [1.165, 1.54) is 16.2 Å². The van der Waals surface area contributed by atoms with Crippen LogP contribution in [0.5, 0.6) is 0 Å². The van der Waals surface area contributed by atoms with E-state index < -0.39 is 6.04 Å². The van der Waals surface area contributed by atoms with E-state index in [-0.39, 0.29) is 30.3 Å². The van der Waals surface area contributed by atoms with E-state index >= 15 is 0 Å². The number of hydrogen-bond acceptors (Lipinski definition) is 5. The van der Waals surface area contributed by atoms with Crippen molar-refractivity contribution >= 4 is 34.7 Å². The Morgan fingerprint density at radius 1 is 1.06 bits per heavy atom. The predicted molar refractivity (Wildman–Crippen MR) is 137 cm³/mol. The van der Waals surface area contributed by atoms with Gasteiger partial charge in [-0.1, -0.05) is 31.0 Å². The maximum absolute atomic E-state index is 13.8. The molecule has 2 N–H and O–H groups in total. The van der Waals surface area contributed by atoms with Crippen LogP contribution in [0.15, 0.2) is 60.2 Å². The molecule has 1 aliphatic rings. The topological polar surface area (TPSA) is 91.4 Å². The van der Waals surface area contributed by atoms with Gasteiger partial charge in [-0.05, 0) is 73.0 Å². The third kappa shape index (κ3) is 5.77. The summed E-state index contributed by atoms with van der Waals surface area (Å²) in [5.74, 6) is -0.918. The Morgan fingerprint density at radius 3 is 2.49 bits per heavy atom. The van der Waals surface area contributed by atoms with E-state index in [2.05, 4.69) is 15.6 Å². The number of carbonyl (C=O) groups excluding carboxylic acids is 3. The molecule has 1 aliphatic carbocycles. The minimum absolute atomic E-state index is 0.0981. The van der Waals surface area contributed by atoms with Crippen LogP contribution in [0.3, 0.4) is 0 Å². The number of thiophene rings is 1. The van der Waals surface area contributed by atoms with Gasteiger partial charge >= 0.3 is 0 Å². The molecule has 182 valence electrons. The number of aryl methyl sites for hydroxylation is 1. The predicted octanol–water partition coefficient (Wildman–Crippen LogP) is 4.32. The first kappa shape index (κ1) is 24.6. The van der Waals surface area contributed by atoms with E-state index in [9.17, 15) is 14.4 Å². The lowest BCUT2D eigenvalue weighted by molar-refractivity contribution is -0.126. The third-order valence-corrected chi connectivity index (χ3v) is 7.35. The third-order valence-electron chi connectivity index (χ3n) is 6.48. The van der Waals surface area contributed by atoms with Crippen LogP contribution in [0.2, 0.25) is 0 Å². The monoisotopic (exact) mass is 490 g/mol.